The molecule has 0 radical (unpaired) electrons. The van der Waals surface area contributed by atoms with Gasteiger partial charge in [0.25, 0.3) is 0 Å². The molecule has 1 aromatic heterocycles. The van der Waals surface area contributed by atoms with Crippen molar-refractivity contribution in [3.63, 3.8) is 0 Å². The molecule has 0 spiro atoms. The van der Waals surface area contributed by atoms with E-state index in [1.807, 2.05) is 0 Å². The van der Waals surface area contributed by atoms with Crippen LogP contribution in [0.15, 0.2) is 30.4 Å². The summed E-state index contributed by atoms with van der Waals surface area (Å²) in [5, 5.41) is 22.3. The van der Waals surface area contributed by atoms with Crippen LogP contribution in [0.25, 0.3) is 0 Å². The van der Waals surface area contributed by atoms with Gasteiger partial charge in [0, 0.05) is 25.7 Å². The second kappa shape index (κ2) is 5.86. The molecule has 1 aromatic carbocycles. The maximum atomic E-state index is 13.2. The van der Waals surface area contributed by atoms with Gasteiger partial charge in [0.15, 0.2) is 0 Å². The van der Waals surface area contributed by atoms with E-state index in [9.17, 15) is 18.3 Å². The molecule has 0 bridgehead atoms. The summed E-state index contributed by atoms with van der Waals surface area (Å²) in [6.45, 7) is 1.74. The first-order valence-corrected chi connectivity index (χ1v) is 7.38. The molecule has 0 amide bonds. The fourth-order valence-corrected chi connectivity index (χ4v) is 2.99. The third-order valence-corrected chi connectivity index (χ3v) is 4.02. The Labute approximate surface area is 143 Å². The van der Waals surface area contributed by atoms with E-state index in [1.54, 1.807) is 20.2 Å². The zero-order chi connectivity index (χ0) is 21.0. The molecule has 1 aliphatic rings. The van der Waals surface area contributed by atoms with Crippen molar-refractivity contribution in [3.05, 3.63) is 47.2 Å². The number of piperidine rings is 1. The Hall–Kier alpha value is -1.93. The van der Waals surface area contributed by atoms with Crippen LogP contribution in [0.5, 0.6) is 0 Å². The van der Waals surface area contributed by atoms with Gasteiger partial charge in [-0.2, -0.15) is 13.2 Å². The third-order valence-electron chi connectivity index (χ3n) is 4.02. The Bertz CT molecular complexity index is 891. The Morgan fingerprint density at radius 2 is 2.00 bits per heavy atom. The van der Waals surface area contributed by atoms with Crippen molar-refractivity contribution in [2.45, 2.75) is 43.6 Å². The Morgan fingerprint density at radius 1 is 1.33 bits per heavy atom. The maximum Gasteiger partial charge on any atom is 0.416 e. The van der Waals surface area contributed by atoms with Gasteiger partial charge in [-0.05, 0) is 31.0 Å². The minimum atomic E-state index is -5.04. The predicted molar refractivity (Wildman–Crippen MR) is 80.9 cm³/mol. The van der Waals surface area contributed by atoms with Crippen LogP contribution in [-0.2, 0) is 18.8 Å². The highest BCUT2D eigenvalue weighted by atomic mass is 19.4. The fourth-order valence-electron chi connectivity index (χ4n) is 2.99. The van der Waals surface area contributed by atoms with Crippen molar-refractivity contribution < 1.29 is 23.8 Å². The van der Waals surface area contributed by atoms with Gasteiger partial charge in [-0.15, -0.1) is 5.10 Å². The molecule has 2 N–H and O–H groups in total. The highest BCUT2D eigenvalue weighted by Gasteiger charge is 2.40. The molecule has 0 aliphatic carbocycles. The van der Waals surface area contributed by atoms with Crippen molar-refractivity contribution in [1.29, 1.82) is 0 Å². The largest absolute Gasteiger partial charge is 0.416 e. The summed E-state index contributed by atoms with van der Waals surface area (Å²) in [4.78, 5) is 0. The Kier molecular flexibility index (Phi) is 3.03. The number of alkyl halides is 3. The van der Waals surface area contributed by atoms with Crippen LogP contribution in [0.4, 0.5) is 13.2 Å². The second-order valence-corrected chi connectivity index (χ2v) is 6.12. The number of hydrogen-bond acceptors (Lipinski definition) is 4. The van der Waals surface area contributed by atoms with Crippen LogP contribution in [0.1, 0.15) is 48.1 Å². The van der Waals surface area contributed by atoms with Crippen molar-refractivity contribution in [3.8, 4) is 0 Å². The van der Waals surface area contributed by atoms with E-state index >= 15 is 0 Å². The lowest BCUT2D eigenvalue weighted by Gasteiger charge is -2.40. The van der Waals surface area contributed by atoms with Crippen molar-refractivity contribution in [2.24, 2.45) is 7.05 Å². The summed E-state index contributed by atoms with van der Waals surface area (Å²) in [5.74, 6) is 0. The average molecular weight is 344 g/mol. The first-order valence-electron chi connectivity index (χ1n) is 9.38. The predicted octanol–water partition coefficient (Wildman–Crippen LogP) is 2.53. The molecule has 24 heavy (non-hydrogen) atoms. The number of halogens is 3. The summed E-state index contributed by atoms with van der Waals surface area (Å²) < 4.78 is 72.6. The highest BCUT2D eigenvalue weighted by molar-refractivity contribution is 5.30. The van der Waals surface area contributed by atoms with E-state index in [0.29, 0.717) is 5.69 Å². The van der Waals surface area contributed by atoms with Crippen LogP contribution in [0.2, 0.25) is 0 Å². The molecule has 3 rings (SSSR count). The maximum absolute atomic E-state index is 13.2. The number of aliphatic hydroxyl groups is 1. The number of benzene rings is 1. The Morgan fingerprint density at radius 3 is 2.54 bits per heavy atom. The molecule has 3 atom stereocenters. The molecular weight excluding hydrogens is 321 g/mol. The molecule has 5 nitrogen and oxygen atoms in total. The van der Waals surface area contributed by atoms with Crippen LogP contribution in [-0.4, -0.2) is 26.1 Å². The molecule has 1 aliphatic heterocycles. The molecule has 1 fully saturated rings. The molecule has 0 saturated carbocycles. The van der Waals surface area contributed by atoms with Crippen molar-refractivity contribution in [1.82, 2.24) is 20.3 Å². The third kappa shape index (κ3) is 3.29. The van der Waals surface area contributed by atoms with Gasteiger partial charge >= 0.3 is 6.18 Å². The number of rotatable bonds is 2. The average Bonchev–Trinajstić information content (AvgIpc) is 2.97. The van der Waals surface area contributed by atoms with E-state index in [1.165, 1.54) is 4.68 Å². The number of aryl methyl sites for hydroxylation is 1. The monoisotopic (exact) mass is 344 g/mol. The number of aromatic nitrogens is 3. The van der Waals surface area contributed by atoms with Gasteiger partial charge in [0.2, 0.25) is 0 Å². The highest BCUT2D eigenvalue weighted by Crippen LogP contribution is 2.40. The normalized spacial score (nSPS) is 30.4. The van der Waals surface area contributed by atoms with Crippen molar-refractivity contribution >= 4 is 0 Å². The standard InChI is InChI=1S/C16H19F3N4O/c1-10-7-15(24,8-13(20-10)14-9-23(2)22-21-14)11-3-5-12(6-4-11)16(17,18)19/h3-6,9-10,13,20,24H,7-8H2,1-2H3/t10-,13-,15-/m0/s1/i3D,4D,5D,6D. The number of hydrogen-bond donors (Lipinski definition) is 2. The van der Waals surface area contributed by atoms with E-state index in [4.69, 9.17) is 5.48 Å². The minimum Gasteiger partial charge on any atom is -0.385 e. The fraction of sp³-hybridized carbons (Fsp3) is 0.500. The molecule has 130 valence electrons. The van der Waals surface area contributed by atoms with Gasteiger partial charge < -0.3 is 10.4 Å². The van der Waals surface area contributed by atoms with Crippen LogP contribution in [0, 0.1) is 0 Å². The summed E-state index contributed by atoms with van der Waals surface area (Å²) in [5.41, 5.74) is -3.44. The molecule has 0 unspecified atom stereocenters. The van der Waals surface area contributed by atoms with Crippen LogP contribution >= 0.6 is 0 Å². The van der Waals surface area contributed by atoms with Gasteiger partial charge in [-0.3, -0.25) is 4.68 Å². The van der Waals surface area contributed by atoms with E-state index in [2.05, 4.69) is 15.6 Å². The van der Waals surface area contributed by atoms with Gasteiger partial charge in [0.05, 0.1) is 28.4 Å². The quantitative estimate of drug-likeness (QED) is 0.879. The van der Waals surface area contributed by atoms with E-state index in [0.717, 1.165) is 0 Å². The lowest BCUT2D eigenvalue weighted by molar-refractivity contribution is -0.137. The zero-order valence-corrected chi connectivity index (χ0v) is 13.1. The van der Waals surface area contributed by atoms with Crippen molar-refractivity contribution in [2.75, 3.05) is 0 Å². The summed E-state index contributed by atoms with van der Waals surface area (Å²) >= 11 is 0. The van der Waals surface area contributed by atoms with Gasteiger partial charge in [0.1, 0.15) is 0 Å². The molecular formula is C16H19F3N4O. The zero-order valence-electron chi connectivity index (χ0n) is 17.1. The Balaban J connectivity index is 2.13. The summed E-state index contributed by atoms with van der Waals surface area (Å²) in [6.07, 6.45) is -3.49. The van der Waals surface area contributed by atoms with E-state index in [-0.39, 0.29) is 18.9 Å². The molecule has 2 heterocycles. The lowest BCUT2D eigenvalue weighted by Crippen LogP contribution is -2.47. The summed E-state index contributed by atoms with van der Waals surface area (Å²) in [6, 6.07) is -5.04. The minimum absolute atomic E-state index is 0.00572. The molecule has 8 heteroatoms. The first kappa shape index (κ1) is 12.4. The van der Waals surface area contributed by atoms with Gasteiger partial charge in [-0.1, -0.05) is 17.3 Å². The SMILES string of the molecule is [2H]c1c([2H])c([C@@]2(O)C[C@@H](c3cn(C)nn3)N[C@@H](C)C2)c([2H])c([2H])c1C(F)(F)F. The molecule has 2 aromatic rings. The van der Waals surface area contributed by atoms with Crippen LogP contribution < -0.4 is 5.32 Å². The second-order valence-electron chi connectivity index (χ2n) is 6.12. The van der Waals surface area contributed by atoms with Crippen LogP contribution in [0.3, 0.4) is 0 Å². The number of nitrogens with zero attached hydrogens (tertiary/aromatic N) is 3. The molecule has 1 saturated heterocycles. The number of nitrogens with one attached hydrogen (secondary N) is 1. The summed E-state index contributed by atoms with van der Waals surface area (Å²) in [7, 11) is 1.66. The first-order chi connectivity index (χ1) is 12.8. The van der Waals surface area contributed by atoms with E-state index < -0.39 is 53.1 Å². The smallest absolute Gasteiger partial charge is 0.385 e. The van der Waals surface area contributed by atoms with Gasteiger partial charge in [-0.25, -0.2) is 0 Å². The topological polar surface area (TPSA) is 63.0 Å². The lowest BCUT2D eigenvalue weighted by atomic mass is 9.78.